The fourth-order valence-electron chi connectivity index (χ4n) is 3.11. The van der Waals surface area contributed by atoms with Gasteiger partial charge in [0.05, 0.1) is 28.4 Å². The van der Waals surface area contributed by atoms with Crippen LogP contribution in [-0.2, 0) is 11.3 Å². The number of hydrogen-bond donors (Lipinski definition) is 2. The highest BCUT2D eigenvalue weighted by atomic mass is 32.1. The van der Waals surface area contributed by atoms with E-state index in [2.05, 4.69) is 10.6 Å². The second-order valence-corrected chi connectivity index (χ2v) is 7.95. The molecule has 0 aliphatic rings. The van der Waals surface area contributed by atoms with Crippen LogP contribution in [0.1, 0.15) is 20.8 Å². The summed E-state index contributed by atoms with van der Waals surface area (Å²) >= 11 is 1.45. The van der Waals surface area contributed by atoms with Gasteiger partial charge in [-0.2, -0.15) is 0 Å². The Morgan fingerprint density at radius 3 is 2.12 bits per heavy atom. The van der Waals surface area contributed by atoms with Crippen LogP contribution in [0.25, 0.3) is 6.08 Å². The Morgan fingerprint density at radius 1 is 0.853 bits per heavy atom. The summed E-state index contributed by atoms with van der Waals surface area (Å²) in [5, 5.41) is 7.44. The van der Waals surface area contributed by atoms with E-state index in [1.807, 2.05) is 23.6 Å². The Morgan fingerprint density at radius 2 is 1.50 bits per heavy atom. The van der Waals surface area contributed by atoms with Crippen LogP contribution in [0.2, 0.25) is 0 Å². The molecule has 0 saturated heterocycles. The second-order valence-electron chi connectivity index (χ2n) is 6.97. The maximum Gasteiger partial charge on any atom is 0.268 e. The van der Waals surface area contributed by atoms with Crippen LogP contribution >= 0.6 is 11.3 Å². The zero-order valence-electron chi connectivity index (χ0n) is 19.3. The first kappa shape index (κ1) is 24.7. The van der Waals surface area contributed by atoms with Crippen molar-refractivity contribution in [3.63, 3.8) is 0 Å². The third-order valence-electron chi connectivity index (χ3n) is 4.87. The molecular weight excluding hydrogens is 456 g/mol. The van der Waals surface area contributed by atoms with E-state index >= 15 is 0 Å². The highest BCUT2D eigenvalue weighted by molar-refractivity contribution is 7.10. The Hall–Kier alpha value is -3.98. The molecule has 0 aliphatic carbocycles. The van der Waals surface area contributed by atoms with Gasteiger partial charge in [0.15, 0.2) is 23.0 Å². The first-order chi connectivity index (χ1) is 16.5. The summed E-state index contributed by atoms with van der Waals surface area (Å²) < 4.78 is 21.0. The van der Waals surface area contributed by atoms with Crippen molar-refractivity contribution in [3.8, 4) is 23.0 Å². The molecule has 8 nitrogen and oxygen atoms in total. The first-order valence-corrected chi connectivity index (χ1v) is 11.1. The largest absolute Gasteiger partial charge is 0.493 e. The Balaban J connectivity index is 1.78. The summed E-state index contributed by atoms with van der Waals surface area (Å²) in [7, 11) is 6.11. The number of methoxy groups -OCH3 is 4. The molecule has 2 amide bonds. The van der Waals surface area contributed by atoms with Gasteiger partial charge in [-0.1, -0.05) is 12.1 Å². The summed E-state index contributed by atoms with van der Waals surface area (Å²) in [6.07, 6.45) is 1.63. The smallest absolute Gasteiger partial charge is 0.268 e. The van der Waals surface area contributed by atoms with Gasteiger partial charge >= 0.3 is 0 Å². The number of amides is 2. The number of benzene rings is 2. The van der Waals surface area contributed by atoms with Crippen LogP contribution in [0.3, 0.4) is 0 Å². The predicted molar refractivity (Wildman–Crippen MR) is 131 cm³/mol. The molecule has 0 radical (unpaired) electrons. The lowest BCUT2D eigenvalue weighted by atomic mass is 10.1. The topological polar surface area (TPSA) is 95.1 Å². The fraction of sp³-hybridized carbons (Fsp3) is 0.200. The minimum Gasteiger partial charge on any atom is -0.493 e. The molecule has 0 fully saturated rings. The average molecular weight is 483 g/mol. The number of carbonyl (C=O) groups is 2. The van der Waals surface area contributed by atoms with Crippen molar-refractivity contribution in [2.24, 2.45) is 0 Å². The quantitative estimate of drug-likeness (QED) is 0.426. The molecule has 0 aliphatic heterocycles. The zero-order valence-corrected chi connectivity index (χ0v) is 20.2. The fourth-order valence-corrected chi connectivity index (χ4v) is 3.77. The van der Waals surface area contributed by atoms with E-state index < -0.39 is 11.8 Å². The van der Waals surface area contributed by atoms with Crippen molar-refractivity contribution in [1.29, 1.82) is 0 Å². The average Bonchev–Trinajstić information content (AvgIpc) is 3.39. The monoisotopic (exact) mass is 482 g/mol. The van der Waals surface area contributed by atoms with E-state index in [0.717, 1.165) is 10.4 Å². The van der Waals surface area contributed by atoms with Crippen LogP contribution in [0, 0.1) is 0 Å². The molecular formula is C25H26N2O6S. The zero-order chi connectivity index (χ0) is 24.5. The number of ether oxygens (including phenoxy) is 4. The molecule has 3 aromatic rings. The predicted octanol–water partition coefficient (Wildman–Crippen LogP) is 3.87. The van der Waals surface area contributed by atoms with E-state index in [0.29, 0.717) is 28.6 Å². The van der Waals surface area contributed by atoms with E-state index in [4.69, 9.17) is 18.9 Å². The van der Waals surface area contributed by atoms with Crippen molar-refractivity contribution < 1.29 is 28.5 Å². The van der Waals surface area contributed by atoms with Gasteiger partial charge in [0.25, 0.3) is 11.8 Å². The van der Waals surface area contributed by atoms with Crippen LogP contribution in [0.4, 0.5) is 0 Å². The number of carbonyl (C=O) groups excluding carboxylic acids is 2. The van der Waals surface area contributed by atoms with Gasteiger partial charge in [-0.3, -0.25) is 9.59 Å². The normalized spacial score (nSPS) is 10.9. The molecule has 2 N–H and O–H groups in total. The summed E-state index contributed by atoms with van der Waals surface area (Å²) in [4.78, 5) is 26.8. The van der Waals surface area contributed by atoms with Crippen molar-refractivity contribution in [1.82, 2.24) is 10.6 Å². The molecule has 3 rings (SSSR count). The molecule has 0 unspecified atom stereocenters. The van der Waals surface area contributed by atoms with E-state index in [-0.39, 0.29) is 12.2 Å². The Kier molecular flexibility index (Phi) is 8.53. The van der Waals surface area contributed by atoms with Crippen LogP contribution in [0.15, 0.2) is 59.6 Å². The molecule has 9 heteroatoms. The lowest BCUT2D eigenvalue weighted by Gasteiger charge is -2.13. The molecule has 1 aromatic heterocycles. The van der Waals surface area contributed by atoms with Crippen LogP contribution < -0.4 is 29.6 Å². The molecule has 34 heavy (non-hydrogen) atoms. The molecule has 0 saturated carbocycles. The Labute approximate surface area is 202 Å². The van der Waals surface area contributed by atoms with Gasteiger partial charge in [0.1, 0.15) is 5.70 Å². The molecule has 0 bridgehead atoms. The van der Waals surface area contributed by atoms with E-state index in [9.17, 15) is 9.59 Å². The Bertz CT molecular complexity index is 1170. The molecule has 1 heterocycles. The van der Waals surface area contributed by atoms with Gasteiger partial charge in [-0.25, -0.2) is 0 Å². The summed E-state index contributed by atoms with van der Waals surface area (Å²) in [6.45, 7) is 0.229. The van der Waals surface area contributed by atoms with Gasteiger partial charge in [-0.05, 0) is 53.4 Å². The van der Waals surface area contributed by atoms with Gasteiger partial charge in [0, 0.05) is 17.0 Å². The molecule has 0 atom stereocenters. The van der Waals surface area contributed by atoms with Gasteiger partial charge in [-0.15, -0.1) is 11.3 Å². The first-order valence-electron chi connectivity index (χ1n) is 10.3. The van der Waals surface area contributed by atoms with E-state index in [1.165, 1.54) is 25.6 Å². The minimum atomic E-state index is -0.454. The van der Waals surface area contributed by atoms with Gasteiger partial charge in [0.2, 0.25) is 0 Å². The summed E-state index contributed by atoms with van der Waals surface area (Å²) in [5.41, 5.74) is 1.25. The number of hydrogen-bond acceptors (Lipinski definition) is 7. The molecule has 0 spiro atoms. The van der Waals surface area contributed by atoms with Crippen molar-refractivity contribution in [2.75, 3.05) is 28.4 Å². The SMILES string of the molecule is COc1ccc(CNC(=O)/C(=C/c2cccs2)NC(=O)c2ccc(OC)c(OC)c2)cc1OC. The lowest BCUT2D eigenvalue weighted by molar-refractivity contribution is -0.117. The van der Waals surface area contributed by atoms with Crippen molar-refractivity contribution in [3.05, 3.63) is 75.6 Å². The highest BCUT2D eigenvalue weighted by Crippen LogP contribution is 2.28. The summed E-state index contributed by atoms with van der Waals surface area (Å²) in [6, 6.07) is 13.9. The van der Waals surface area contributed by atoms with Crippen LogP contribution in [0.5, 0.6) is 23.0 Å². The molecule has 178 valence electrons. The maximum absolute atomic E-state index is 13.0. The van der Waals surface area contributed by atoms with E-state index in [1.54, 1.807) is 50.6 Å². The third-order valence-corrected chi connectivity index (χ3v) is 5.69. The number of rotatable bonds is 10. The van der Waals surface area contributed by atoms with Crippen LogP contribution in [-0.4, -0.2) is 40.3 Å². The number of nitrogens with one attached hydrogen (secondary N) is 2. The lowest BCUT2D eigenvalue weighted by Crippen LogP contribution is -2.34. The highest BCUT2D eigenvalue weighted by Gasteiger charge is 2.17. The van der Waals surface area contributed by atoms with Gasteiger partial charge < -0.3 is 29.6 Å². The number of thiophene rings is 1. The molecule has 2 aromatic carbocycles. The maximum atomic E-state index is 13.0. The second kappa shape index (κ2) is 11.8. The van der Waals surface area contributed by atoms with Crippen molar-refractivity contribution >= 4 is 29.2 Å². The third kappa shape index (κ3) is 6.08. The minimum absolute atomic E-state index is 0.114. The standard InChI is InChI=1S/C25H26N2O6S/c1-30-20-9-7-16(12-22(20)32-3)15-26-25(29)19(14-18-6-5-11-34-18)27-24(28)17-8-10-21(31-2)23(13-17)33-4/h5-14H,15H2,1-4H3,(H,26,29)(H,27,28)/b19-14-. The summed E-state index contributed by atoms with van der Waals surface area (Å²) in [5.74, 6) is 1.18. The van der Waals surface area contributed by atoms with Crippen molar-refractivity contribution in [2.45, 2.75) is 6.54 Å².